The summed E-state index contributed by atoms with van der Waals surface area (Å²) < 4.78 is 0. The molecule has 17 heavy (non-hydrogen) atoms. The Bertz CT molecular complexity index is 366. The van der Waals surface area contributed by atoms with E-state index in [1.54, 1.807) is 0 Å². The SMILES string of the molecule is [NH]CC1(C(=O)Cc2ccccc2)CCCCC1. The highest BCUT2D eigenvalue weighted by Crippen LogP contribution is 2.37. The second-order valence-corrected chi connectivity index (χ2v) is 5.10. The van der Waals surface area contributed by atoms with Gasteiger partial charge in [0.1, 0.15) is 5.78 Å². The van der Waals surface area contributed by atoms with Gasteiger partial charge in [0.2, 0.25) is 0 Å². The van der Waals surface area contributed by atoms with Crippen LogP contribution in [0.4, 0.5) is 0 Å². The molecule has 0 aromatic heterocycles. The number of Topliss-reactive ketones (excluding diaryl/α,β-unsaturated/α-hetero) is 1. The number of nitrogens with one attached hydrogen (secondary N) is 1. The van der Waals surface area contributed by atoms with Gasteiger partial charge in [0.25, 0.3) is 0 Å². The van der Waals surface area contributed by atoms with Crippen molar-refractivity contribution in [3.63, 3.8) is 0 Å². The van der Waals surface area contributed by atoms with Gasteiger partial charge in [-0.25, -0.2) is 0 Å². The average Bonchev–Trinajstić information content (AvgIpc) is 2.40. The van der Waals surface area contributed by atoms with E-state index in [0.29, 0.717) is 6.42 Å². The van der Waals surface area contributed by atoms with E-state index in [1.165, 1.54) is 6.42 Å². The van der Waals surface area contributed by atoms with Crippen molar-refractivity contribution >= 4 is 5.78 Å². The van der Waals surface area contributed by atoms with Crippen molar-refractivity contribution in [3.8, 4) is 0 Å². The summed E-state index contributed by atoms with van der Waals surface area (Å²) in [6.45, 7) is 0.263. The van der Waals surface area contributed by atoms with Crippen LogP contribution in [0.5, 0.6) is 0 Å². The van der Waals surface area contributed by atoms with E-state index >= 15 is 0 Å². The van der Waals surface area contributed by atoms with Crippen molar-refractivity contribution in [1.29, 1.82) is 0 Å². The van der Waals surface area contributed by atoms with Crippen LogP contribution in [0.3, 0.4) is 0 Å². The van der Waals surface area contributed by atoms with Crippen molar-refractivity contribution in [2.24, 2.45) is 5.41 Å². The first-order chi connectivity index (χ1) is 8.27. The third-order valence-electron chi connectivity index (χ3n) is 3.95. The quantitative estimate of drug-likeness (QED) is 0.783. The number of carbonyl (C=O) groups is 1. The van der Waals surface area contributed by atoms with Gasteiger partial charge in [0.05, 0.1) is 0 Å². The van der Waals surface area contributed by atoms with Crippen molar-refractivity contribution < 1.29 is 4.79 Å². The minimum atomic E-state index is -0.339. The number of hydrogen-bond acceptors (Lipinski definition) is 1. The zero-order valence-corrected chi connectivity index (χ0v) is 10.2. The highest BCUT2D eigenvalue weighted by atomic mass is 16.1. The van der Waals surface area contributed by atoms with Crippen LogP contribution in [0.2, 0.25) is 0 Å². The Kier molecular flexibility index (Phi) is 3.95. The van der Waals surface area contributed by atoms with Crippen LogP contribution in [-0.4, -0.2) is 12.3 Å². The van der Waals surface area contributed by atoms with Gasteiger partial charge < -0.3 is 0 Å². The van der Waals surface area contributed by atoms with Gasteiger partial charge in [-0.05, 0) is 18.4 Å². The van der Waals surface area contributed by atoms with Crippen LogP contribution in [-0.2, 0) is 11.2 Å². The van der Waals surface area contributed by atoms with E-state index < -0.39 is 0 Å². The number of ketones is 1. The molecule has 0 atom stereocenters. The topological polar surface area (TPSA) is 40.9 Å². The molecule has 0 spiro atoms. The molecule has 0 unspecified atom stereocenters. The lowest BCUT2D eigenvalue weighted by molar-refractivity contribution is -0.129. The van der Waals surface area contributed by atoms with Crippen LogP contribution < -0.4 is 5.73 Å². The van der Waals surface area contributed by atoms with E-state index in [-0.39, 0.29) is 17.7 Å². The van der Waals surface area contributed by atoms with Gasteiger partial charge in [0, 0.05) is 18.4 Å². The Labute approximate surface area is 103 Å². The Hall–Kier alpha value is -1.15. The lowest BCUT2D eigenvalue weighted by Gasteiger charge is -2.34. The molecule has 1 aromatic carbocycles. The van der Waals surface area contributed by atoms with Crippen LogP contribution in [0.1, 0.15) is 37.7 Å². The molecule has 0 saturated heterocycles. The third-order valence-corrected chi connectivity index (χ3v) is 3.95. The summed E-state index contributed by atoms with van der Waals surface area (Å²) in [6, 6.07) is 9.90. The Morgan fingerprint density at radius 3 is 2.35 bits per heavy atom. The molecule has 0 aliphatic heterocycles. The largest absolute Gasteiger partial charge is 0.299 e. The fourth-order valence-corrected chi connectivity index (χ4v) is 2.75. The Morgan fingerprint density at radius 1 is 1.12 bits per heavy atom. The molecule has 1 aliphatic carbocycles. The molecule has 0 bridgehead atoms. The van der Waals surface area contributed by atoms with E-state index in [2.05, 4.69) is 0 Å². The summed E-state index contributed by atoms with van der Waals surface area (Å²) >= 11 is 0. The van der Waals surface area contributed by atoms with Gasteiger partial charge in [0.15, 0.2) is 0 Å². The first-order valence-electron chi connectivity index (χ1n) is 6.49. The number of benzene rings is 1. The second kappa shape index (κ2) is 5.46. The standard InChI is InChI=1S/C15H20NO/c16-12-15(9-5-2-6-10-15)14(17)11-13-7-3-1-4-8-13/h1,3-4,7-8,16H,2,5-6,9-12H2. The lowest BCUT2D eigenvalue weighted by atomic mass is 9.70. The molecule has 0 amide bonds. The molecule has 1 N–H and O–H groups in total. The number of rotatable bonds is 4. The van der Waals surface area contributed by atoms with Crippen LogP contribution >= 0.6 is 0 Å². The third kappa shape index (κ3) is 2.75. The summed E-state index contributed by atoms with van der Waals surface area (Å²) in [6.07, 6.45) is 5.78. The summed E-state index contributed by atoms with van der Waals surface area (Å²) in [4.78, 5) is 12.4. The minimum Gasteiger partial charge on any atom is -0.299 e. The van der Waals surface area contributed by atoms with Crippen LogP contribution in [0, 0.1) is 5.41 Å². The molecule has 0 heterocycles. The Balaban J connectivity index is 2.07. The van der Waals surface area contributed by atoms with Gasteiger partial charge in [-0.15, -0.1) is 0 Å². The predicted molar refractivity (Wildman–Crippen MR) is 68.6 cm³/mol. The normalized spacial score (nSPS) is 18.9. The predicted octanol–water partition coefficient (Wildman–Crippen LogP) is 3.03. The summed E-state index contributed by atoms with van der Waals surface area (Å²) in [5, 5.41) is 0. The molecule has 1 aromatic rings. The zero-order chi connectivity index (χ0) is 12.1. The molecule has 1 aliphatic rings. The van der Waals surface area contributed by atoms with Gasteiger partial charge in [-0.1, -0.05) is 49.6 Å². The maximum absolute atomic E-state index is 12.4. The number of carbonyl (C=O) groups excluding carboxylic acids is 1. The first-order valence-corrected chi connectivity index (χ1v) is 6.49. The molecule has 2 nitrogen and oxygen atoms in total. The van der Waals surface area contributed by atoms with E-state index in [1.807, 2.05) is 30.3 Å². The van der Waals surface area contributed by atoms with Crippen molar-refractivity contribution in [2.45, 2.75) is 38.5 Å². The minimum absolute atomic E-state index is 0.263. The molecule has 91 valence electrons. The van der Waals surface area contributed by atoms with Gasteiger partial charge in [-0.2, -0.15) is 0 Å². The zero-order valence-electron chi connectivity index (χ0n) is 10.2. The highest BCUT2D eigenvalue weighted by Gasteiger charge is 2.37. The summed E-state index contributed by atoms with van der Waals surface area (Å²) in [7, 11) is 0. The van der Waals surface area contributed by atoms with E-state index in [4.69, 9.17) is 5.73 Å². The van der Waals surface area contributed by atoms with E-state index in [9.17, 15) is 4.79 Å². The fourth-order valence-electron chi connectivity index (χ4n) is 2.75. The maximum atomic E-state index is 12.4. The molecular formula is C15H20NO. The summed E-state index contributed by atoms with van der Waals surface area (Å²) in [5.74, 6) is 0.276. The maximum Gasteiger partial charge on any atom is 0.144 e. The second-order valence-electron chi connectivity index (χ2n) is 5.10. The smallest absolute Gasteiger partial charge is 0.144 e. The molecule has 1 saturated carbocycles. The fraction of sp³-hybridized carbons (Fsp3) is 0.533. The number of hydrogen-bond donors (Lipinski definition) is 0. The van der Waals surface area contributed by atoms with Crippen LogP contribution in [0.25, 0.3) is 0 Å². The molecule has 1 fully saturated rings. The molecular weight excluding hydrogens is 210 g/mol. The van der Waals surface area contributed by atoms with Crippen molar-refractivity contribution in [1.82, 2.24) is 5.73 Å². The molecule has 2 heteroatoms. The van der Waals surface area contributed by atoms with Gasteiger partial charge >= 0.3 is 0 Å². The lowest BCUT2D eigenvalue weighted by Crippen LogP contribution is -2.38. The van der Waals surface area contributed by atoms with Gasteiger partial charge in [-0.3, -0.25) is 10.5 Å². The van der Waals surface area contributed by atoms with Crippen LogP contribution in [0.15, 0.2) is 30.3 Å². The monoisotopic (exact) mass is 230 g/mol. The summed E-state index contributed by atoms with van der Waals surface area (Å²) in [5.41, 5.74) is 8.46. The molecule has 1 radical (unpaired) electrons. The molecule has 2 rings (SSSR count). The van der Waals surface area contributed by atoms with E-state index in [0.717, 1.165) is 31.2 Å². The first kappa shape index (κ1) is 12.3. The average molecular weight is 230 g/mol. The Morgan fingerprint density at radius 2 is 1.76 bits per heavy atom. The van der Waals surface area contributed by atoms with Crippen molar-refractivity contribution in [2.75, 3.05) is 6.54 Å². The van der Waals surface area contributed by atoms with Crippen molar-refractivity contribution in [3.05, 3.63) is 35.9 Å². The highest BCUT2D eigenvalue weighted by molar-refractivity contribution is 5.87.